The molecule has 3 aromatic carbocycles. The summed E-state index contributed by atoms with van der Waals surface area (Å²) in [4.78, 5) is 21.3. The van der Waals surface area contributed by atoms with Gasteiger partial charge in [0.2, 0.25) is 0 Å². The SMILES string of the molecule is Cc1cccc2[nH]c(-c3cccc(-c4cccc(CNCCc5ccncc5)c4)c3)nc12.O=C(O)C(F)(F)F. The highest BCUT2D eigenvalue weighted by Crippen LogP contribution is 2.27. The van der Waals surface area contributed by atoms with E-state index in [4.69, 9.17) is 14.9 Å². The lowest BCUT2D eigenvalue weighted by atomic mass is 10.0. The van der Waals surface area contributed by atoms with E-state index in [9.17, 15) is 13.2 Å². The Kier molecular flexibility index (Phi) is 8.73. The van der Waals surface area contributed by atoms with Gasteiger partial charge >= 0.3 is 12.1 Å². The number of nitrogens with one attached hydrogen (secondary N) is 2. The van der Waals surface area contributed by atoms with E-state index in [1.54, 1.807) is 0 Å². The van der Waals surface area contributed by atoms with E-state index in [0.717, 1.165) is 41.9 Å². The van der Waals surface area contributed by atoms with Crippen LogP contribution in [0.25, 0.3) is 33.5 Å². The van der Waals surface area contributed by atoms with Crippen LogP contribution in [-0.2, 0) is 17.8 Å². The zero-order valence-corrected chi connectivity index (χ0v) is 21.2. The van der Waals surface area contributed by atoms with Crippen LogP contribution in [0, 0.1) is 6.92 Å². The third kappa shape index (κ3) is 7.52. The maximum atomic E-state index is 10.6. The van der Waals surface area contributed by atoms with Gasteiger partial charge in [0.05, 0.1) is 11.0 Å². The Bertz CT molecular complexity index is 1550. The Hall–Kier alpha value is -4.50. The normalized spacial score (nSPS) is 11.2. The van der Waals surface area contributed by atoms with Crippen LogP contribution in [0.3, 0.4) is 0 Å². The lowest BCUT2D eigenvalue weighted by Crippen LogP contribution is -2.21. The molecule has 6 nitrogen and oxygen atoms in total. The van der Waals surface area contributed by atoms with Gasteiger partial charge in [-0.05, 0) is 78.0 Å². The number of nitrogens with zero attached hydrogens (tertiary/aromatic N) is 2. The molecule has 0 atom stereocenters. The highest BCUT2D eigenvalue weighted by molar-refractivity contribution is 5.83. The monoisotopic (exact) mass is 532 g/mol. The maximum absolute atomic E-state index is 10.6. The van der Waals surface area contributed by atoms with E-state index in [-0.39, 0.29) is 0 Å². The minimum atomic E-state index is -5.08. The van der Waals surface area contributed by atoms with Gasteiger partial charge < -0.3 is 15.4 Å². The van der Waals surface area contributed by atoms with Crippen LogP contribution in [0.2, 0.25) is 0 Å². The molecule has 0 aliphatic heterocycles. The zero-order valence-electron chi connectivity index (χ0n) is 21.2. The standard InChI is InChI=1S/C28H26N4.C2HF3O2/c1-20-5-2-10-26-27(20)32-28(31-26)25-9-4-8-24(18-25)23-7-3-6-22(17-23)19-30-16-13-21-11-14-29-15-12-21;3-2(4,5)1(6)7/h2-12,14-15,17-18,30H,13,16,19H2,1H3,(H,31,32);(H,6,7). The first-order valence-corrected chi connectivity index (χ1v) is 12.3. The maximum Gasteiger partial charge on any atom is 0.490 e. The summed E-state index contributed by atoms with van der Waals surface area (Å²) in [5.41, 5.74) is 9.38. The molecule has 0 saturated heterocycles. The van der Waals surface area contributed by atoms with Crippen LogP contribution in [0.4, 0.5) is 13.2 Å². The number of para-hydroxylation sites is 1. The Morgan fingerprint density at radius 2 is 1.54 bits per heavy atom. The molecular weight excluding hydrogens is 505 g/mol. The van der Waals surface area contributed by atoms with Gasteiger partial charge in [-0.2, -0.15) is 13.2 Å². The molecule has 200 valence electrons. The van der Waals surface area contributed by atoms with Crippen LogP contribution in [0.1, 0.15) is 16.7 Å². The molecule has 0 amide bonds. The molecule has 0 bridgehead atoms. The highest BCUT2D eigenvalue weighted by atomic mass is 19.4. The molecule has 0 fully saturated rings. The number of benzene rings is 3. The number of hydrogen-bond acceptors (Lipinski definition) is 4. The van der Waals surface area contributed by atoms with Crippen LogP contribution >= 0.6 is 0 Å². The first kappa shape index (κ1) is 27.5. The number of carbonyl (C=O) groups is 1. The predicted octanol–water partition coefficient (Wildman–Crippen LogP) is 6.57. The topological polar surface area (TPSA) is 90.9 Å². The van der Waals surface area contributed by atoms with Gasteiger partial charge in [0, 0.05) is 24.5 Å². The average Bonchev–Trinajstić information content (AvgIpc) is 3.38. The van der Waals surface area contributed by atoms with Crippen molar-refractivity contribution in [1.29, 1.82) is 0 Å². The van der Waals surface area contributed by atoms with Gasteiger partial charge in [0.25, 0.3) is 0 Å². The summed E-state index contributed by atoms with van der Waals surface area (Å²) in [6, 6.07) is 27.7. The predicted molar refractivity (Wildman–Crippen MR) is 145 cm³/mol. The zero-order chi connectivity index (χ0) is 27.8. The number of aliphatic carboxylic acids is 1. The molecular formula is C30H27F3N4O2. The van der Waals surface area contributed by atoms with Gasteiger partial charge in [-0.3, -0.25) is 4.98 Å². The van der Waals surface area contributed by atoms with Gasteiger partial charge in [-0.15, -0.1) is 0 Å². The lowest BCUT2D eigenvalue weighted by molar-refractivity contribution is -0.192. The number of aromatic nitrogens is 3. The molecule has 2 aromatic heterocycles. The quantitative estimate of drug-likeness (QED) is 0.206. The van der Waals surface area contributed by atoms with Gasteiger partial charge in [0.15, 0.2) is 0 Å². The summed E-state index contributed by atoms with van der Waals surface area (Å²) < 4.78 is 31.7. The minimum absolute atomic E-state index is 0.849. The minimum Gasteiger partial charge on any atom is -0.475 e. The van der Waals surface area contributed by atoms with Crippen molar-refractivity contribution < 1.29 is 23.1 Å². The average molecular weight is 533 g/mol. The largest absolute Gasteiger partial charge is 0.490 e. The molecule has 0 spiro atoms. The van der Waals surface area contributed by atoms with Crippen molar-refractivity contribution in [3.63, 3.8) is 0 Å². The van der Waals surface area contributed by atoms with Crippen LogP contribution < -0.4 is 5.32 Å². The fourth-order valence-corrected chi connectivity index (χ4v) is 4.03. The van der Waals surface area contributed by atoms with Crippen molar-refractivity contribution in [2.24, 2.45) is 0 Å². The van der Waals surface area contributed by atoms with E-state index in [2.05, 4.69) is 101 Å². The number of carboxylic acid groups (broad SMARTS) is 1. The third-order valence-corrected chi connectivity index (χ3v) is 6.02. The van der Waals surface area contributed by atoms with Crippen molar-refractivity contribution in [2.45, 2.75) is 26.1 Å². The fourth-order valence-electron chi connectivity index (χ4n) is 4.03. The number of aromatic amines is 1. The van der Waals surface area contributed by atoms with Gasteiger partial charge in [0.1, 0.15) is 5.82 Å². The Labute approximate surface area is 223 Å². The first-order valence-electron chi connectivity index (χ1n) is 12.3. The summed E-state index contributed by atoms with van der Waals surface area (Å²) in [5, 5.41) is 10.7. The molecule has 2 heterocycles. The summed E-state index contributed by atoms with van der Waals surface area (Å²) in [5.74, 6) is -1.85. The molecule has 39 heavy (non-hydrogen) atoms. The van der Waals surface area contributed by atoms with Crippen molar-refractivity contribution >= 4 is 17.0 Å². The molecule has 5 rings (SSSR count). The number of alkyl halides is 3. The highest BCUT2D eigenvalue weighted by Gasteiger charge is 2.38. The summed E-state index contributed by atoms with van der Waals surface area (Å²) in [6.45, 7) is 3.89. The molecule has 3 N–H and O–H groups in total. The second-order valence-electron chi connectivity index (χ2n) is 8.92. The smallest absolute Gasteiger partial charge is 0.475 e. The third-order valence-electron chi connectivity index (χ3n) is 6.02. The van der Waals surface area contributed by atoms with Crippen molar-refractivity contribution in [2.75, 3.05) is 6.54 Å². The van der Waals surface area contributed by atoms with Crippen LogP contribution in [0.5, 0.6) is 0 Å². The number of pyridine rings is 1. The molecule has 0 saturated carbocycles. The van der Waals surface area contributed by atoms with Crippen molar-refractivity contribution in [3.05, 3.63) is 108 Å². The molecule has 0 aliphatic carbocycles. The Balaban J connectivity index is 0.000000448. The van der Waals surface area contributed by atoms with E-state index in [0.29, 0.717) is 0 Å². The molecule has 0 aliphatic rings. The second-order valence-corrected chi connectivity index (χ2v) is 8.92. The fraction of sp³-hybridized carbons (Fsp3) is 0.167. The number of fused-ring (bicyclic) bond motifs is 1. The number of imidazole rings is 1. The molecule has 0 radical (unpaired) electrons. The Morgan fingerprint density at radius 1 is 0.897 bits per heavy atom. The molecule has 9 heteroatoms. The summed E-state index contributed by atoms with van der Waals surface area (Å²) in [6.07, 6.45) is -0.389. The van der Waals surface area contributed by atoms with Crippen LogP contribution in [0.15, 0.2) is 91.3 Å². The van der Waals surface area contributed by atoms with Crippen molar-refractivity contribution in [3.8, 4) is 22.5 Å². The van der Waals surface area contributed by atoms with E-state index in [1.807, 2.05) is 12.4 Å². The molecule has 0 unspecified atom stereocenters. The number of hydrogen-bond donors (Lipinski definition) is 3. The number of rotatable bonds is 7. The number of halogens is 3. The number of H-pyrrole nitrogens is 1. The van der Waals surface area contributed by atoms with Gasteiger partial charge in [-0.25, -0.2) is 9.78 Å². The van der Waals surface area contributed by atoms with Crippen molar-refractivity contribution in [1.82, 2.24) is 20.3 Å². The Morgan fingerprint density at radius 3 is 2.23 bits per heavy atom. The first-order chi connectivity index (χ1) is 18.7. The summed E-state index contributed by atoms with van der Waals surface area (Å²) >= 11 is 0. The summed E-state index contributed by atoms with van der Waals surface area (Å²) in [7, 11) is 0. The van der Waals surface area contributed by atoms with E-state index < -0.39 is 12.1 Å². The lowest BCUT2D eigenvalue weighted by Gasteiger charge is -2.09. The second kappa shape index (κ2) is 12.4. The molecule has 5 aromatic rings. The van der Waals surface area contributed by atoms with E-state index in [1.165, 1.54) is 27.8 Å². The van der Waals surface area contributed by atoms with Gasteiger partial charge in [-0.1, -0.05) is 48.5 Å². The van der Waals surface area contributed by atoms with Crippen LogP contribution in [-0.4, -0.2) is 38.7 Å². The van der Waals surface area contributed by atoms with E-state index >= 15 is 0 Å². The number of aryl methyl sites for hydroxylation is 1. The number of carboxylic acids is 1.